The van der Waals surface area contributed by atoms with Crippen LogP contribution in [0, 0.1) is 12.8 Å². The number of hydrogen-bond donors (Lipinski definition) is 1. The lowest BCUT2D eigenvalue weighted by Crippen LogP contribution is -2.40. The number of rotatable bonds is 3. The summed E-state index contributed by atoms with van der Waals surface area (Å²) in [7, 11) is 0. The van der Waals surface area contributed by atoms with Gasteiger partial charge in [-0.15, -0.1) is 0 Å². The number of nitrogens with zero attached hydrogens (tertiary/aromatic N) is 1. The van der Waals surface area contributed by atoms with E-state index in [9.17, 15) is 4.79 Å². The highest BCUT2D eigenvalue weighted by atomic mass is 79.9. The first-order valence-electron chi connectivity index (χ1n) is 6.87. The second-order valence-corrected chi connectivity index (χ2v) is 6.16. The number of hydrogen-bond acceptors (Lipinski definition) is 2. The van der Waals surface area contributed by atoms with Crippen LogP contribution in [0.2, 0.25) is 0 Å². The molecule has 1 aliphatic rings. The summed E-state index contributed by atoms with van der Waals surface area (Å²) in [5.41, 5.74) is 7.50. The average molecular weight is 325 g/mol. The summed E-state index contributed by atoms with van der Waals surface area (Å²) in [4.78, 5) is 14.5. The quantitative estimate of drug-likeness (QED) is 0.929. The predicted octanol–water partition coefficient (Wildman–Crippen LogP) is 2.96. The van der Waals surface area contributed by atoms with Gasteiger partial charge in [-0.2, -0.15) is 0 Å². The van der Waals surface area contributed by atoms with Gasteiger partial charge < -0.3 is 10.6 Å². The van der Waals surface area contributed by atoms with Crippen molar-refractivity contribution in [3.8, 4) is 0 Å². The molecule has 1 saturated heterocycles. The normalized spacial score (nSPS) is 19.5. The molecule has 19 heavy (non-hydrogen) atoms. The predicted molar refractivity (Wildman–Crippen MR) is 81.2 cm³/mol. The third-order valence-electron chi connectivity index (χ3n) is 3.79. The fraction of sp³-hybridized carbons (Fsp3) is 0.533. The summed E-state index contributed by atoms with van der Waals surface area (Å²) in [6.45, 7) is 4.44. The van der Waals surface area contributed by atoms with Gasteiger partial charge in [-0.3, -0.25) is 4.79 Å². The van der Waals surface area contributed by atoms with Crippen molar-refractivity contribution < 1.29 is 4.79 Å². The lowest BCUT2D eigenvalue weighted by Gasteiger charge is -2.32. The van der Waals surface area contributed by atoms with Gasteiger partial charge >= 0.3 is 0 Å². The number of carbonyl (C=O) groups is 1. The van der Waals surface area contributed by atoms with E-state index in [0.29, 0.717) is 12.5 Å². The average Bonchev–Trinajstić information content (AvgIpc) is 2.42. The fourth-order valence-electron chi connectivity index (χ4n) is 2.68. The molecule has 4 heteroatoms. The van der Waals surface area contributed by atoms with Crippen molar-refractivity contribution >= 4 is 21.8 Å². The summed E-state index contributed by atoms with van der Waals surface area (Å²) < 4.78 is 1.05. The number of carbonyl (C=O) groups excluding carboxylic acids is 1. The van der Waals surface area contributed by atoms with Gasteiger partial charge in [0.15, 0.2) is 0 Å². The molecule has 1 aromatic carbocycles. The highest BCUT2D eigenvalue weighted by Crippen LogP contribution is 2.22. The van der Waals surface area contributed by atoms with E-state index < -0.39 is 0 Å². The van der Waals surface area contributed by atoms with Crippen LogP contribution >= 0.6 is 15.9 Å². The van der Waals surface area contributed by atoms with Crippen molar-refractivity contribution in [3.05, 3.63) is 33.8 Å². The Balaban J connectivity index is 2.08. The van der Waals surface area contributed by atoms with Gasteiger partial charge in [-0.1, -0.05) is 15.9 Å². The van der Waals surface area contributed by atoms with E-state index in [2.05, 4.69) is 15.9 Å². The molecule has 1 aromatic rings. The molecule has 2 rings (SSSR count). The smallest absolute Gasteiger partial charge is 0.253 e. The highest BCUT2D eigenvalue weighted by molar-refractivity contribution is 9.10. The fourth-order valence-corrected chi connectivity index (χ4v) is 2.93. The first-order valence-corrected chi connectivity index (χ1v) is 7.66. The van der Waals surface area contributed by atoms with Crippen LogP contribution in [0.5, 0.6) is 0 Å². The number of amides is 1. The van der Waals surface area contributed by atoms with Crippen molar-refractivity contribution in [2.75, 3.05) is 19.6 Å². The van der Waals surface area contributed by atoms with Crippen LogP contribution in [0.3, 0.4) is 0 Å². The zero-order chi connectivity index (χ0) is 13.8. The molecule has 1 unspecified atom stereocenters. The lowest BCUT2D eigenvalue weighted by molar-refractivity contribution is 0.0669. The first-order chi connectivity index (χ1) is 9.11. The van der Waals surface area contributed by atoms with Crippen LogP contribution in [0.25, 0.3) is 0 Å². The van der Waals surface area contributed by atoms with Crippen LogP contribution in [0.1, 0.15) is 35.2 Å². The summed E-state index contributed by atoms with van der Waals surface area (Å²) in [6, 6.07) is 5.80. The van der Waals surface area contributed by atoms with Crippen molar-refractivity contribution in [2.24, 2.45) is 11.7 Å². The van der Waals surface area contributed by atoms with Crippen molar-refractivity contribution in [1.82, 2.24) is 4.90 Å². The van der Waals surface area contributed by atoms with E-state index in [1.165, 1.54) is 6.42 Å². The van der Waals surface area contributed by atoms with E-state index in [0.717, 1.165) is 41.5 Å². The summed E-state index contributed by atoms with van der Waals surface area (Å²) in [5, 5.41) is 0. The van der Waals surface area contributed by atoms with Crippen LogP contribution in [0.15, 0.2) is 22.7 Å². The molecule has 1 aliphatic heterocycles. The number of aryl methyl sites for hydroxylation is 1. The Morgan fingerprint density at radius 3 is 3.00 bits per heavy atom. The SMILES string of the molecule is Cc1cc(C(=O)N2CCCC(CCN)C2)ccc1Br. The van der Waals surface area contributed by atoms with E-state index in [1.54, 1.807) is 0 Å². The van der Waals surface area contributed by atoms with Crippen molar-refractivity contribution in [3.63, 3.8) is 0 Å². The van der Waals surface area contributed by atoms with Crippen LogP contribution in [0.4, 0.5) is 0 Å². The number of benzene rings is 1. The maximum absolute atomic E-state index is 12.5. The minimum absolute atomic E-state index is 0.150. The molecule has 0 aromatic heterocycles. The van der Waals surface area contributed by atoms with Gasteiger partial charge in [0.1, 0.15) is 0 Å². The zero-order valence-electron chi connectivity index (χ0n) is 11.4. The number of halogens is 1. The molecule has 1 fully saturated rings. The Bertz CT molecular complexity index is 459. The highest BCUT2D eigenvalue weighted by Gasteiger charge is 2.24. The van der Waals surface area contributed by atoms with Gasteiger partial charge in [0.05, 0.1) is 0 Å². The summed E-state index contributed by atoms with van der Waals surface area (Å²) in [6.07, 6.45) is 3.30. The number of likely N-dealkylation sites (tertiary alicyclic amines) is 1. The van der Waals surface area contributed by atoms with Crippen LogP contribution in [-0.4, -0.2) is 30.4 Å². The first kappa shape index (κ1) is 14.5. The van der Waals surface area contributed by atoms with Crippen molar-refractivity contribution in [1.29, 1.82) is 0 Å². The minimum Gasteiger partial charge on any atom is -0.338 e. The van der Waals surface area contributed by atoms with E-state index >= 15 is 0 Å². The monoisotopic (exact) mass is 324 g/mol. The van der Waals surface area contributed by atoms with E-state index in [4.69, 9.17) is 5.73 Å². The summed E-state index contributed by atoms with van der Waals surface area (Å²) >= 11 is 3.47. The lowest BCUT2D eigenvalue weighted by atomic mass is 9.94. The summed E-state index contributed by atoms with van der Waals surface area (Å²) in [5.74, 6) is 0.719. The molecule has 3 nitrogen and oxygen atoms in total. The molecule has 0 spiro atoms. The van der Waals surface area contributed by atoms with Gasteiger partial charge in [-0.05, 0) is 62.4 Å². The molecule has 0 saturated carbocycles. The Hall–Kier alpha value is -0.870. The Morgan fingerprint density at radius 1 is 1.53 bits per heavy atom. The minimum atomic E-state index is 0.150. The van der Waals surface area contributed by atoms with E-state index in [1.807, 2.05) is 30.0 Å². The Labute approximate surface area is 123 Å². The zero-order valence-corrected chi connectivity index (χ0v) is 12.9. The number of piperidine rings is 1. The maximum atomic E-state index is 12.5. The second-order valence-electron chi connectivity index (χ2n) is 5.30. The van der Waals surface area contributed by atoms with Gasteiger partial charge in [0.2, 0.25) is 0 Å². The number of nitrogens with two attached hydrogens (primary N) is 1. The third-order valence-corrected chi connectivity index (χ3v) is 4.68. The molecular formula is C15H21BrN2O. The molecule has 2 N–H and O–H groups in total. The van der Waals surface area contributed by atoms with Gasteiger partial charge in [0, 0.05) is 23.1 Å². The molecule has 1 atom stereocenters. The molecular weight excluding hydrogens is 304 g/mol. The molecule has 0 aliphatic carbocycles. The second kappa shape index (κ2) is 6.53. The molecule has 0 radical (unpaired) electrons. The third kappa shape index (κ3) is 3.57. The molecule has 0 bridgehead atoms. The van der Waals surface area contributed by atoms with Gasteiger partial charge in [0.25, 0.3) is 5.91 Å². The topological polar surface area (TPSA) is 46.3 Å². The van der Waals surface area contributed by atoms with Gasteiger partial charge in [-0.25, -0.2) is 0 Å². The Morgan fingerprint density at radius 2 is 2.32 bits per heavy atom. The maximum Gasteiger partial charge on any atom is 0.253 e. The largest absolute Gasteiger partial charge is 0.338 e. The van der Waals surface area contributed by atoms with Crippen LogP contribution < -0.4 is 5.73 Å². The van der Waals surface area contributed by atoms with Crippen LogP contribution in [-0.2, 0) is 0 Å². The van der Waals surface area contributed by atoms with Crippen molar-refractivity contribution in [2.45, 2.75) is 26.2 Å². The van der Waals surface area contributed by atoms with E-state index in [-0.39, 0.29) is 5.91 Å². The Kier molecular flexibility index (Phi) is 4.99. The molecule has 1 heterocycles. The molecule has 1 amide bonds. The molecule has 104 valence electrons. The standard InChI is InChI=1S/C15H21BrN2O/c1-11-9-13(4-5-14(11)16)15(19)18-8-2-3-12(10-18)6-7-17/h4-5,9,12H,2-3,6-8,10,17H2,1H3.